The Bertz CT molecular complexity index is 428. The smallest absolute Gasteiger partial charge is 0.224 e. The maximum Gasteiger partial charge on any atom is 0.224 e. The molecule has 0 spiro atoms. The van der Waals surface area contributed by atoms with Gasteiger partial charge in [-0.05, 0) is 46.9 Å². The Morgan fingerprint density at radius 1 is 1.35 bits per heavy atom. The number of nitrogens with zero attached hydrogens (tertiary/aromatic N) is 4. The van der Waals surface area contributed by atoms with Crippen molar-refractivity contribution in [2.75, 3.05) is 31.1 Å². The minimum Gasteiger partial charge on any atom is -0.353 e. The van der Waals surface area contributed by atoms with Gasteiger partial charge in [-0.1, -0.05) is 0 Å². The second kappa shape index (κ2) is 4.71. The fourth-order valence-corrected chi connectivity index (χ4v) is 3.31. The molecule has 1 aromatic heterocycles. The van der Waals surface area contributed by atoms with Crippen molar-refractivity contribution in [3.05, 3.63) is 16.0 Å². The van der Waals surface area contributed by atoms with Crippen LogP contribution in [0.3, 0.4) is 0 Å². The summed E-state index contributed by atoms with van der Waals surface area (Å²) < 4.78 is 0.924. The summed E-state index contributed by atoms with van der Waals surface area (Å²) in [6.07, 6.45) is 4.35. The van der Waals surface area contributed by atoms with Crippen LogP contribution in [0.1, 0.15) is 12.8 Å². The van der Waals surface area contributed by atoms with Gasteiger partial charge in [0.2, 0.25) is 5.28 Å². The van der Waals surface area contributed by atoms with Gasteiger partial charge < -0.3 is 4.90 Å². The Hall–Kier alpha value is -0.390. The first-order chi connectivity index (χ1) is 8.24. The topological polar surface area (TPSA) is 32.3 Å². The van der Waals surface area contributed by atoms with Crippen molar-refractivity contribution < 1.29 is 0 Å². The second-order valence-electron chi connectivity index (χ2n) is 4.59. The first-order valence-corrected chi connectivity index (χ1v) is 7.08. The number of rotatable bonds is 1. The van der Waals surface area contributed by atoms with E-state index in [0.717, 1.165) is 29.9 Å². The van der Waals surface area contributed by atoms with Crippen molar-refractivity contribution in [3.8, 4) is 0 Å². The predicted octanol–water partition coefficient (Wildman–Crippen LogP) is 2.18. The SMILES string of the molecule is Clc1ncc(Br)c(N2CCN3CCCC3C2)n1. The summed E-state index contributed by atoms with van der Waals surface area (Å²) >= 11 is 9.37. The predicted molar refractivity (Wildman–Crippen MR) is 71.6 cm³/mol. The summed E-state index contributed by atoms with van der Waals surface area (Å²) in [5.74, 6) is 0.927. The summed E-state index contributed by atoms with van der Waals surface area (Å²) in [5.41, 5.74) is 0. The first kappa shape index (κ1) is 11.7. The van der Waals surface area contributed by atoms with Gasteiger partial charge in [-0.3, -0.25) is 4.90 Å². The third-order valence-corrected chi connectivity index (χ3v) is 4.32. The molecule has 1 aromatic rings. The molecule has 0 bridgehead atoms. The zero-order valence-electron chi connectivity index (χ0n) is 9.44. The first-order valence-electron chi connectivity index (χ1n) is 5.91. The van der Waals surface area contributed by atoms with E-state index in [2.05, 4.69) is 35.7 Å². The molecule has 3 heterocycles. The van der Waals surface area contributed by atoms with Crippen molar-refractivity contribution in [2.45, 2.75) is 18.9 Å². The molecular formula is C11H14BrClN4. The molecule has 1 unspecified atom stereocenters. The highest BCUT2D eigenvalue weighted by Crippen LogP contribution is 2.29. The summed E-state index contributed by atoms with van der Waals surface area (Å²) in [4.78, 5) is 13.2. The minimum atomic E-state index is 0.317. The van der Waals surface area contributed by atoms with Crippen LogP contribution in [-0.4, -0.2) is 47.1 Å². The number of piperazine rings is 1. The van der Waals surface area contributed by atoms with Crippen LogP contribution in [0.2, 0.25) is 5.28 Å². The van der Waals surface area contributed by atoms with Crippen LogP contribution >= 0.6 is 27.5 Å². The third-order valence-electron chi connectivity index (χ3n) is 3.58. The van der Waals surface area contributed by atoms with Crippen LogP contribution in [-0.2, 0) is 0 Å². The zero-order valence-corrected chi connectivity index (χ0v) is 11.8. The van der Waals surface area contributed by atoms with E-state index >= 15 is 0 Å². The van der Waals surface area contributed by atoms with Crippen LogP contribution < -0.4 is 4.90 Å². The molecule has 0 saturated carbocycles. The van der Waals surface area contributed by atoms with Gasteiger partial charge in [0.15, 0.2) is 0 Å². The quantitative estimate of drug-likeness (QED) is 0.743. The highest BCUT2D eigenvalue weighted by atomic mass is 79.9. The minimum absolute atomic E-state index is 0.317. The van der Waals surface area contributed by atoms with Gasteiger partial charge in [-0.25, -0.2) is 4.98 Å². The largest absolute Gasteiger partial charge is 0.353 e. The maximum absolute atomic E-state index is 5.87. The second-order valence-corrected chi connectivity index (χ2v) is 5.78. The van der Waals surface area contributed by atoms with Crippen LogP contribution in [0.25, 0.3) is 0 Å². The summed E-state index contributed by atoms with van der Waals surface area (Å²) in [6, 6.07) is 0.685. The lowest BCUT2D eigenvalue weighted by molar-refractivity contribution is 0.230. The van der Waals surface area contributed by atoms with Crippen LogP contribution in [0.4, 0.5) is 5.82 Å². The fourth-order valence-electron chi connectivity index (χ4n) is 2.74. The maximum atomic E-state index is 5.87. The summed E-state index contributed by atoms with van der Waals surface area (Å²) in [6.45, 7) is 4.44. The number of halogens is 2. The number of aromatic nitrogens is 2. The molecule has 0 radical (unpaired) electrons. The van der Waals surface area contributed by atoms with Crippen LogP contribution in [0.5, 0.6) is 0 Å². The third kappa shape index (κ3) is 2.28. The normalized spacial score (nSPS) is 25.1. The van der Waals surface area contributed by atoms with Gasteiger partial charge in [0.05, 0.1) is 4.47 Å². The fraction of sp³-hybridized carbons (Fsp3) is 0.636. The van der Waals surface area contributed by atoms with E-state index in [9.17, 15) is 0 Å². The van der Waals surface area contributed by atoms with Crippen LogP contribution in [0, 0.1) is 0 Å². The molecule has 2 fully saturated rings. The lowest BCUT2D eigenvalue weighted by Gasteiger charge is -2.38. The molecular weight excluding hydrogens is 304 g/mol. The average Bonchev–Trinajstić information content (AvgIpc) is 2.79. The number of anilines is 1. The van der Waals surface area contributed by atoms with Gasteiger partial charge in [-0.15, -0.1) is 0 Å². The molecule has 92 valence electrons. The molecule has 2 aliphatic heterocycles. The van der Waals surface area contributed by atoms with Crippen molar-refractivity contribution in [2.24, 2.45) is 0 Å². The molecule has 0 amide bonds. The van der Waals surface area contributed by atoms with Crippen LogP contribution in [0.15, 0.2) is 10.7 Å². The van der Waals surface area contributed by atoms with E-state index in [1.165, 1.54) is 19.4 Å². The molecule has 0 aliphatic carbocycles. The Morgan fingerprint density at radius 2 is 2.24 bits per heavy atom. The average molecular weight is 318 g/mol. The van der Waals surface area contributed by atoms with E-state index in [1.807, 2.05) is 0 Å². The van der Waals surface area contributed by atoms with E-state index < -0.39 is 0 Å². The molecule has 2 saturated heterocycles. The number of hydrogen-bond acceptors (Lipinski definition) is 4. The molecule has 3 rings (SSSR count). The number of fused-ring (bicyclic) bond motifs is 1. The van der Waals surface area contributed by atoms with E-state index in [0.29, 0.717) is 11.3 Å². The highest BCUT2D eigenvalue weighted by molar-refractivity contribution is 9.10. The molecule has 4 nitrogen and oxygen atoms in total. The van der Waals surface area contributed by atoms with E-state index in [1.54, 1.807) is 6.20 Å². The van der Waals surface area contributed by atoms with E-state index in [-0.39, 0.29) is 0 Å². The van der Waals surface area contributed by atoms with E-state index in [4.69, 9.17) is 11.6 Å². The molecule has 17 heavy (non-hydrogen) atoms. The van der Waals surface area contributed by atoms with Gasteiger partial charge in [0.1, 0.15) is 5.82 Å². The van der Waals surface area contributed by atoms with Gasteiger partial charge >= 0.3 is 0 Å². The molecule has 1 atom stereocenters. The standard InChI is InChI=1S/C11H14BrClN4/c12-9-6-14-11(13)15-10(9)17-5-4-16-3-1-2-8(16)7-17/h6,8H,1-5,7H2. The lowest BCUT2D eigenvalue weighted by atomic mass is 10.1. The zero-order chi connectivity index (χ0) is 11.8. The Kier molecular flexibility index (Phi) is 3.23. The van der Waals surface area contributed by atoms with Crippen molar-refractivity contribution in [1.82, 2.24) is 14.9 Å². The summed E-state index contributed by atoms with van der Waals surface area (Å²) in [7, 11) is 0. The van der Waals surface area contributed by atoms with Gasteiger partial charge in [0, 0.05) is 31.9 Å². The van der Waals surface area contributed by atoms with Gasteiger partial charge in [-0.2, -0.15) is 4.98 Å². The Balaban J connectivity index is 1.82. The van der Waals surface area contributed by atoms with Crippen molar-refractivity contribution >= 4 is 33.3 Å². The Morgan fingerprint density at radius 3 is 3.12 bits per heavy atom. The monoisotopic (exact) mass is 316 g/mol. The summed E-state index contributed by atoms with van der Waals surface area (Å²) in [5, 5.41) is 0.317. The Labute approximate surface area is 114 Å². The highest BCUT2D eigenvalue weighted by Gasteiger charge is 2.31. The number of hydrogen-bond donors (Lipinski definition) is 0. The molecule has 6 heteroatoms. The molecule has 2 aliphatic rings. The van der Waals surface area contributed by atoms with Gasteiger partial charge in [0.25, 0.3) is 0 Å². The van der Waals surface area contributed by atoms with Crippen molar-refractivity contribution in [1.29, 1.82) is 0 Å². The van der Waals surface area contributed by atoms with Crippen molar-refractivity contribution in [3.63, 3.8) is 0 Å². The lowest BCUT2D eigenvalue weighted by Crippen LogP contribution is -2.50. The molecule has 0 N–H and O–H groups in total. The molecule has 0 aromatic carbocycles.